The van der Waals surface area contributed by atoms with Gasteiger partial charge in [-0.05, 0) is 24.4 Å². The number of aliphatic hydroxyl groups is 1. The van der Waals surface area contributed by atoms with Crippen molar-refractivity contribution >= 4 is 28.4 Å². The van der Waals surface area contributed by atoms with Crippen molar-refractivity contribution in [3.8, 4) is 5.75 Å². The summed E-state index contributed by atoms with van der Waals surface area (Å²) in [5.41, 5.74) is 8.89. The first-order valence-corrected chi connectivity index (χ1v) is 7.21. The molecule has 0 saturated heterocycles. The number of hydrogen-bond acceptors (Lipinski definition) is 5. The standard InChI is InChI=1S/C18H17N3O2/c1-11-18(23)14(13(10-22)8-20-11)9-21-16-7-3-5-12-4-2-6-15(19)17(12)16/h2-9,22-23H,10,19H2,1H3. The predicted octanol–water partition coefficient (Wildman–Crippen LogP) is 3.07. The van der Waals surface area contributed by atoms with Gasteiger partial charge in [0.05, 0.1) is 18.0 Å². The lowest BCUT2D eigenvalue weighted by molar-refractivity contribution is 0.280. The fourth-order valence-corrected chi connectivity index (χ4v) is 2.51. The fraction of sp³-hybridized carbons (Fsp3) is 0.111. The first-order valence-electron chi connectivity index (χ1n) is 7.21. The number of rotatable bonds is 3. The Kier molecular flexibility index (Phi) is 3.95. The van der Waals surface area contributed by atoms with Gasteiger partial charge in [-0.3, -0.25) is 9.98 Å². The molecule has 0 radical (unpaired) electrons. The van der Waals surface area contributed by atoms with E-state index in [0.29, 0.717) is 28.2 Å². The molecule has 0 amide bonds. The molecule has 0 bridgehead atoms. The molecule has 0 aliphatic rings. The van der Waals surface area contributed by atoms with Crippen molar-refractivity contribution in [2.45, 2.75) is 13.5 Å². The molecule has 0 fully saturated rings. The summed E-state index contributed by atoms with van der Waals surface area (Å²) in [6.07, 6.45) is 3.07. The van der Waals surface area contributed by atoms with E-state index in [4.69, 9.17) is 5.73 Å². The van der Waals surface area contributed by atoms with Gasteiger partial charge in [-0.15, -0.1) is 0 Å². The van der Waals surface area contributed by atoms with E-state index in [0.717, 1.165) is 10.8 Å². The summed E-state index contributed by atoms with van der Waals surface area (Å²) in [6, 6.07) is 11.4. The first-order chi connectivity index (χ1) is 11.1. The highest BCUT2D eigenvalue weighted by molar-refractivity contribution is 6.03. The normalized spacial score (nSPS) is 11.4. The molecule has 0 saturated carbocycles. The van der Waals surface area contributed by atoms with Crippen molar-refractivity contribution in [2.24, 2.45) is 4.99 Å². The molecule has 1 heterocycles. The lowest BCUT2D eigenvalue weighted by Crippen LogP contribution is -1.97. The highest BCUT2D eigenvalue weighted by Gasteiger charge is 2.10. The summed E-state index contributed by atoms with van der Waals surface area (Å²) in [7, 11) is 0. The lowest BCUT2D eigenvalue weighted by Gasteiger charge is -2.08. The van der Waals surface area contributed by atoms with Gasteiger partial charge in [0.15, 0.2) is 0 Å². The fourth-order valence-electron chi connectivity index (χ4n) is 2.51. The molecular weight excluding hydrogens is 290 g/mol. The summed E-state index contributed by atoms with van der Waals surface area (Å²) in [5.74, 6) is 0.0218. The van der Waals surface area contributed by atoms with Gasteiger partial charge < -0.3 is 15.9 Å². The molecule has 4 N–H and O–H groups in total. The van der Waals surface area contributed by atoms with E-state index in [1.807, 2.05) is 36.4 Å². The Labute approximate surface area is 133 Å². The van der Waals surface area contributed by atoms with Gasteiger partial charge in [0, 0.05) is 34.6 Å². The molecule has 5 nitrogen and oxygen atoms in total. The number of aromatic nitrogens is 1. The molecular formula is C18H17N3O2. The number of pyridine rings is 1. The number of nitrogens with two attached hydrogens (primary N) is 1. The van der Waals surface area contributed by atoms with Gasteiger partial charge >= 0.3 is 0 Å². The summed E-state index contributed by atoms with van der Waals surface area (Å²) >= 11 is 0. The third-order valence-corrected chi connectivity index (χ3v) is 3.78. The highest BCUT2D eigenvalue weighted by atomic mass is 16.3. The van der Waals surface area contributed by atoms with Crippen LogP contribution in [-0.2, 0) is 6.61 Å². The smallest absolute Gasteiger partial charge is 0.145 e. The second-order valence-corrected chi connectivity index (χ2v) is 5.27. The van der Waals surface area contributed by atoms with E-state index in [2.05, 4.69) is 9.98 Å². The Morgan fingerprint density at radius 2 is 1.96 bits per heavy atom. The molecule has 2 aromatic carbocycles. The number of benzene rings is 2. The summed E-state index contributed by atoms with van der Waals surface area (Å²) in [4.78, 5) is 8.51. The van der Waals surface area contributed by atoms with Crippen LogP contribution in [0.5, 0.6) is 5.75 Å². The van der Waals surface area contributed by atoms with Crippen molar-refractivity contribution in [2.75, 3.05) is 5.73 Å². The second kappa shape index (κ2) is 6.06. The lowest BCUT2D eigenvalue weighted by atomic mass is 10.1. The molecule has 0 aliphatic carbocycles. The maximum atomic E-state index is 10.2. The maximum Gasteiger partial charge on any atom is 0.145 e. The number of nitrogen functional groups attached to an aromatic ring is 1. The number of nitrogens with zero attached hydrogens (tertiary/aromatic N) is 2. The van der Waals surface area contributed by atoms with Crippen LogP contribution in [0.1, 0.15) is 16.8 Å². The molecule has 116 valence electrons. The Balaban J connectivity index is 2.14. The van der Waals surface area contributed by atoms with Crippen LogP contribution in [0.2, 0.25) is 0 Å². The second-order valence-electron chi connectivity index (χ2n) is 5.27. The van der Waals surface area contributed by atoms with E-state index in [-0.39, 0.29) is 12.4 Å². The Hall–Kier alpha value is -2.92. The molecule has 0 unspecified atom stereocenters. The number of hydrogen-bond donors (Lipinski definition) is 3. The van der Waals surface area contributed by atoms with Gasteiger partial charge in [0.25, 0.3) is 0 Å². The van der Waals surface area contributed by atoms with E-state index < -0.39 is 0 Å². The third kappa shape index (κ3) is 2.74. The summed E-state index contributed by atoms with van der Waals surface area (Å²) in [5, 5.41) is 21.4. The molecule has 0 spiro atoms. The molecule has 0 atom stereocenters. The number of anilines is 1. The van der Waals surface area contributed by atoms with Gasteiger partial charge in [0.1, 0.15) is 5.75 Å². The Bertz CT molecular complexity index is 899. The average Bonchev–Trinajstić information content (AvgIpc) is 2.56. The van der Waals surface area contributed by atoms with Crippen molar-refractivity contribution in [3.63, 3.8) is 0 Å². The van der Waals surface area contributed by atoms with Gasteiger partial charge in [-0.1, -0.05) is 24.3 Å². The zero-order valence-electron chi connectivity index (χ0n) is 12.7. The molecule has 0 aliphatic heterocycles. The molecule has 23 heavy (non-hydrogen) atoms. The Morgan fingerprint density at radius 3 is 2.70 bits per heavy atom. The van der Waals surface area contributed by atoms with Crippen LogP contribution in [0.25, 0.3) is 10.8 Å². The van der Waals surface area contributed by atoms with Crippen LogP contribution < -0.4 is 5.73 Å². The van der Waals surface area contributed by atoms with E-state index in [9.17, 15) is 10.2 Å². The SMILES string of the molecule is Cc1ncc(CO)c(C=Nc2cccc3cccc(N)c23)c1O. The molecule has 5 heteroatoms. The van der Waals surface area contributed by atoms with Gasteiger partial charge in [0.2, 0.25) is 0 Å². The highest BCUT2D eigenvalue weighted by Crippen LogP contribution is 2.31. The van der Waals surface area contributed by atoms with Crippen molar-refractivity contribution < 1.29 is 10.2 Å². The van der Waals surface area contributed by atoms with E-state index in [1.54, 1.807) is 6.92 Å². The number of aliphatic imine (C=N–C) groups is 1. The predicted molar refractivity (Wildman–Crippen MR) is 92.2 cm³/mol. The Morgan fingerprint density at radius 1 is 1.22 bits per heavy atom. The van der Waals surface area contributed by atoms with Crippen LogP contribution in [0.4, 0.5) is 11.4 Å². The van der Waals surface area contributed by atoms with Crippen LogP contribution in [0.3, 0.4) is 0 Å². The first kappa shape index (κ1) is 15.0. The minimum atomic E-state index is -0.222. The van der Waals surface area contributed by atoms with Crippen molar-refractivity contribution in [1.29, 1.82) is 0 Å². The van der Waals surface area contributed by atoms with E-state index in [1.165, 1.54) is 12.4 Å². The minimum absolute atomic E-state index is 0.0218. The van der Waals surface area contributed by atoms with E-state index >= 15 is 0 Å². The van der Waals surface area contributed by atoms with Crippen LogP contribution in [-0.4, -0.2) is 21.4 Å². The molecule has 1 aromatic heterocycles. The number of fused-ring (bicyclic) bond motifs is 1. The van der Waals surface area contributed by atoms with Crippen LogP contribution in [0, 0.1) is 6.92 Å². The summed E-state index contributed by atoms with van der Waals surface area (Å²) in [6.45, 7) is 1.48. The zero-order chi connectivity index (χ0) is 16.4. The largest absolute Gasteiger partial charge is 0.505 e. The third-order valence-electron chi connectivity index (χ3n) is 3.78. The minimum Gasteiger partial charge on any atom is -0.505 e. The topological polar surface area (TPSA) is 91.7 Å². The van der Waals surface area contributed by atoms with Crippen molar-refractivity contribution in [3.05, 3.63) is 59.4 Å². The molecule has 3 rings (SSSR count). The van der Waals surface area contributed by atoms with Crippen LogP contribution in [0.15, 0.2) is 47.6 Å². The number of aryl methyl sites for hydroxylation is 1. The van der Waals surface area contributed by atoms with Crippen molar-refractivity contribution in [1.82, 2.24) is 4.98 Å². The van der Waals surface area contributed by atoms with Crippen LogP contribution >= 0.6 is 0 Å². The maximum absolute atomic E-state index is 10.2. The number of aromatic hydroxyl groups is 1. The number of aliphatic hydroxyl groups excluding tert-OH is 1. The average molecular weight is 307 g/mol. The summed E-state index contributed by atoms with van der Waals surface area (Å²) < 4.78 is 0. The van der Waals surface area contributed by atoms with Gasteiger partial charge in [-0.25, -0.2) is 0 Å². The molecule has 3 aromatic rings. The van der Waals surface area contributed by atoms with Gasteiger partial charge in [-0.2, -0.15) is 0 Å². The zero-order valence-corrected chi connectivity index (χ0v) is 12.7. The monoisotopic (exact) mass is 307 g/mol. The quantitative estimate of drug-likeness (QED) is 0.512.